The number of nitrogens with zero attached hydrogens (tertiary/aromatic N) is 2. The summed E-state index contributed by atoms with van der Waals surface area (Å²) in [7, 11) is 9.78. The molecule has 0 aliphatic rings. The summed E-state index contributed by atoms with van der Waals surface area (Å²) in [5.74, 6) is 0. The molecule has 0 spiro atoms. The van der Waals surface area contributed by atoms with Gasteiger partial charge >= 0.3 is 35.6 Å². The van der Waals surface area contributed by atoms with Gasteiger partial charge in [-0.1, -0.05) is 12.1 Å². The van der Waals surface area contributed by atoms with Gasteiger partial charge in [0.2, 0.25) is 0 Å². The fraction of sp³-hybridized carbons (Fsp3) is 0.375. The van der Waals surface area contributed by atoms with Gasteiger partial charge in [-0.2, -0.15) is 6.20 Å². The Bertz CT molecular complexity index is 222. The molecule has 0 radical (unpaired) electrons. The molecule has 13 heavy (non-hydrogen) atoms. The van der Waals surface area contributed by atoms with Crippen LogP contribution < -0.4 is 4.98 Å². The second-order valence-electron chi connectivity index (χ2n) is 2.51. The quantitative estimate of drug-likeness (QED) is 0.588. The zero-order chi connectivity index (χ0) is 10.1. The van der Waals surface area contributed by atoms with E-state index in [1.165, 1.54) is 0 Å². The third kappa shape index (κ3) is 8.57. The molecule has 1 aromatic heterocycles. The van der Waals surface area contributed by atoms with Gasteiger partial charge in [-0.15, -0.1) is 5.69 Å². The second kappa shape index (κ2) is 8.83. The summed E-state index contributed by atoms with van der Waals surface area (Å²) in [6.07, 6.45) is 3.56. The maximum atomic E-state index is 4.89. The van der Waals surface area contributed by atoms with Crippen LogP contribution in [0.2, 0.25) is 0 Å². The van der Waals surface area contributed by atoms with Crippen LogP contribution in [-0.2, 0) is 17.0 Å². The Morgan fingerprint density at radius 3 is 2.54 bits per heavy atom. The standard InChI is InChI=1S/C8H11N2.2ClH.Ti/c1-7(2)10-6-8-4-3-5-9-8;;;/h3-7H,1-2H3;2*1H;/q-1;;;+2/p-2. The number of hydrogen-bond donors (Lipinski definition) is 0. The molecule has 0 amide bonds. The van der Waals surface area contributed by atoms with Gasteiger partial charge in [0.05, 0.1) is 0 Å². The SMILES string of the molecule is CC(C)N=Cc1ccc[n-]1.[Cl][Ti][Cl]. The van der Waals surface area contributed by atoms with E-state index in [1.54, 1.807) is 12.4 Å². The van der Waals surface area contributed by atoms with Gasteiger partial charge in [-0.05, 0) is 13.8 Å². The molecule has 0 bridgehead atoms. The van der Waals surface area contributed by atoms with Crippen molar-refractivity contribution >= 4 is 24.8 Å². The first-order chi connectivity index (χ1) is 6.20. The summed E-state index contributed by atoms with van der Waals surface area (Å²) >= 11 is -0.556. The van der Waals surface area contributed by atoms with Crippen molar-refractivity contribution in [2.75, 3.05) is 0 Å². The minimum absolute atomic E-state index is 0.358. The summed E-state index contributed by atoms with van der Waals surface area (Å²) < 4.78 is 0. The van der Waals surface area contributed by atoms with E-state index < -0.39 is 17.0 Å². The number of aromatic nitrogens is 1. The molecule has 0 aliphatic carbocycles. The van der Waals surface area contributed by atoms with Crippen LogP contribution in [0.4, 0.5) is 0 Å². The molecule has 0 aliphatic heterocycles. The van der Waals surface area contributed by atoms with Gasteiger partial charge in [0.1, 0.15) is 0 Å². The molecular weight excluding hydrogens is 243 g/mol. The number of halogens is 2. The molecule has 1 rings (SSSR count). The summed E-state index contributed by atoms with van der Waals surface area (Å²) in [5.41, 5.74) is 0.939. The van der Waals surface area contributed by atoms with Crippen LogP contribution in [0.1, 0.15) is 19.5 Å². The van der Waals surface area contributed by atoms with Crippen molar-refractivity contribution < 1.29 is 17.0 Å². The minimum atomic E-state index is -0.556. The van der Waals surface area contributed by atoms with Gasteiger partial charge in [0, 0.05) is 12.3 Å². The van der Waals surface area contributed by atoms with E-state index in [2.05, 4.69) is 9.98 Å². The first-order valence-electron chi connectivity index (χ1n) is 3.77. The van der Waals surface area contributed by atoms with Crippen LogP contribution in [0, 0.1) is 0 Å². The van der Waals surface area contributed by atoms with E-state index in [1.807, 2.05) is 26.0 Å². The molecule has 1 aromatic rings. The monoisotopic (exact) mass is 253 g/mol. The Balaban J connectivity index is 0.000000424. The average Bonchev–Trinajstić information content (AvgIpc) is 2.54. The van der Waals surface area contributed by atoms with Crippen LogP contribution in [0.5, 0.6) is 0 Å². The summed E-state index contributed by atoms with van der Waals surface area (Å²) in [4.78, 5) is 8.22. The third-order valence-corrected chi connectivity index (χ3v) is 1.08. The van der Waals surface area contributed by atoms with E-state index in [0.29, 0.717) is 6.04 Å². The zero-order valence-corrected chi connectivity index (χ0v) is 10.6. The Morgan fingerprint density at radius 1 is 1.54 bits per heavy atom. The van der Waals surface area contributed by atoms with Crippen LogP contribution >= 0.6 is 18.6 Å². The van der Waals surface area contributed by atoms with E-state index in [0.717, 1.165) is 5.69 Å². The molecule has 0 unspecified atom stereocenters. The number of rotatable bonds is 2. The molecule has 1 heterocycles. The molecule has 0 saturated heterocycles. The van der Waals surface area contributed by atoms with Crippen LogP contribution in [0.15, 0.2) is 23.3 Å². The predicted octanol–water partition coefficient (Wildman–Crippen LogP) is 2.85. The topological polar surface area (TPSA) is 26.5 Å². The van der Waals surface area contributed by atoms with Crippen LogP contribution in [-0.4, -0.2) is 12.3 Å². The first kappa shape index (κ1) is 13.2. The van der Waals surface area contributed by atoms with Gasteiger partial charge in [-0.25, -0.2) is 0 Å². The van der Waals surface area contributed by atoms with Crippen molar-refractivity contribution in [2.24, 2.45) is 4.99 Å². The Morgan fingerprint density at radius 2 is 2.15 bits per heavy atom. The van der Waals surface area contributed by atoms with E-state index in [-0.39, 0.29) is 0 Å². The Kier molecular flexibility index (Phi) is 8.99. The third-order valence-electron chi connectivity index (χ3n) is 1.08. The Hall–Kier alpha value is 0.244. The van der Waals surface area contributed by atoms with Crippen molar-refractivity contribution in [1.82, 2.24) is 4.98 Å². The number of aliphatic imine (C=N–C) groups is 1. The fourth-order valence-corrected chi connectivity index (χ4v) is 0.616. The summed E-state index contributed by atoms with van der Waals surface area (Å²) in [6.45, 7) is 4.08. The Labute approximate surface area is 95.4 Å². The molecule has 0 fully saturated rings. The fourth-order valence-electron chi connectivity index (χ4n) is 0.616. The predicted molar refractivity (Wildman–Crippen MR) is 54.2 cm³/mol. The van der Waals surface area contributed by atoms with Gasteiger partial charge in [0.25, 0.3) is 0 Å². The first-order valence-corrected chi connectivity index (χ1v) is 8.07. The molecule has 0 N–H and O–H groups in total. The van der Waals surface area contributed by atoms with E-state index in [4.69, 9.17) is 18.6 Å². The zero-order valence-electron chi connectivity index (χ0n) is 7.54. The van der Waals surface area contributed by atoms with Gasteiger partial charge < -0.3 is 4.98 Å². The summed E-state index contributed by atoms with van der Waals surface area (Å²) in [5, 5.41) is 0. The normalized spacial score (nSPS) is 9.92. The van der Waals surface area contributed by atoms with Crippen molar-refractivity contribution in [2.45, 2.75) is 19.9 Å². The molecule has 2 nitrogen and oxygen atoms in total. The second-order valence-corrected chi connectivity index (χ2v) is 5.08. The molecule has 72 valence electrons. The van der Waals surface area contributed by atoms with Crippen molar-refractivity contribution in [3.05, 3.63) is 24.0 Å². The van der Waals surface area contributed by atoms with Gasteiger partial charge in [-0.3, -0.25) is 4.99 Å². The summed E-state index contributed by atoms with van der Waals surface area (Å²) in [6, 6.07) is 4.20. The van der Waals surface area contributed by atoms with Crippen molar-refractivity contribution in [3.8, 4) is 0 Å². The number of hydrogen-bond acceptors (Lipinski definition) is 1. The molecule has 0 saturated carbocycles. The van der Waals surface area contributed by atoms with Crippen LogP contribution in [0.25, 0.3) is 0 Å². The maximum absolute atomic E-state index is 4.89. The van der Waals surface area contributed by atoms with E-state index in [9.17, 15) is 0 Å². The average molecular weight is 254 g/mol. The van der Waals surface area contributed by atoms with Crippen molar-refractivity contribution in [1.29, 1.82) is 0 Å². The van der Waals surface area contributed by atoms with E-state index >= 15 is 0 Å². The van der Waals surface area contributed by atoms with Crippen LogP contribution in [0.3, 0.4) is 0 Å². The molecule has 0 atom stereocenters. The van der Waals surface area contributed by atoms with Gasteiger partial charge in [0.15, 0.2) is 0 Å². The van der Waals surface area contributed by atoms with Crippen molar-refractivity contribution in [3.63, 3.8) is 0 Å². The molecular formula is C8H11Cl2N2Ti-. The molecule has 5 heteroatoms. The molecule has 0 aromatic carbocycles.